The van der Waals surface area contributed by atoms with Gasteiger partial charge < -0.3 is 5.11 Å². The Morgan fingerprint density at radius 3 is 2.08 bits per heavy atom. The van der Waals surface area contributed by atoms with Gasteiger partial charge in [0, 0.05) is 38.4 Å². The van der Waals surface area contributed by atoms with Crippen molar-refractivity contribution in [2.24, 2.45) is 0 Å². The van der Waals surface area contributed by atoms with Gasteiger partial charge in [-0.1, -0.05) is 53.6 Å². The fourth-order valence-corrected chi connectivity index (χ4v) is 3.56. The van der Waals surface area contributed by atoms with E-state index in [0.29, 0.717) is 27.3 Å². The molecule has 0 fully saturated rings. The van der Waals surface area contributed by atoms with Crippen LogP contribution in [0.5, 0.6) is 0 Å². The Morgan fingerprint density at radius 1 is 1.00 bits per heavy atom. The number of hydrogen-bond donors (Lipinski definition) is 1. The average Bonchev–Trinajstić information content (AvgIpc) is 3.26. The van der Waals surface area contributed by atoms with Crippen molar-refractivity contribution in [3.8, 4) is 0 Å². The van der Waals surface area contributed by atoms with Crippen LogP contribution in [0.3, 0.4) is 0 Å². The predicted octanol–water partition coefficient (Wildman–Crippen LogP) is 6.57. The first-order valence-corrected chi connectivity index (χ1v) is 9.03. The van der Waals surface area contributed by atoms with E-state index in [0.717, 1.165) is 11.1 Å². The molecule has 0 aliphatic heterocycles. The van der Waals surface area contributed by atoms with E-state index in [1.165, 1.54) is 0 Å². The standard InChI is InChI=1S/C14H12Cl2OS.C5H5.Fe/c15-12-6-3-7-13(16)11(12)8-18-9-14(17)10-4-1-2-5-10;1-2-4-5-3-1;/h1-7,17H,8-9H2;1-5H;/q;-1;. The van der Waals surface area contributed by atoms with E-state index < -0.39 is 0 Å². The summed E-state index contributed by atoms with van der Waals surface area (Å²) < 4.78 is 0. The summed E-state index contributed by atoms with van der Waals surface area (Å²) in [4.78, 5) is 0. The number of aliphatic hydroxyl groups excluding tert-OH is 1. The second-order valence-electron chi connectivity index (χ2n) is 4.78. The Bertz CT molecular complexity index is 655. The first-order chi connectivity index (χ1) is 11.2. The summed E-state index contributed by atoms with van der Waals surface area (Å²) in [6.07, 6.45) is 7.58. The minimum absolute atomic E-state index is 0. The molecule has 0 amide bonds. The van der Waals surface area contributed by atoms with Crippen molar-refractivity contribution >= 4 is 35.0 Å². The third-order valence-electron chi connectivity index (χ3n) is 3.10. The Labute approximate surface area is 167 Å². The van der Waals surface area contributed by atoms with Crippen molar-refractivity contribution in [1.29, 1.82) is 0 Å². The Morgan fingerprint density at radius 2 is 1.58 bits per heavy atom. The molecular weight excluding hydrogens is 403 g/mol. The zero-order valence-corrected chi connectivity index (χ0v) is 16.2. The van der Waals surface area contributed by atoms with E-state index in [1.807, 2.05) is 72.8 Å². The number of halogens is 2. The zero-order chi connectivity index (χ0) is 16.5. The van der Waals surface area contributed by atoms with Crippen LogP contribution in [0.1, 0.15) is 5.56 Å². The summed E-state index contributed by atoms with van der Waals surface area (Å²) >= 11 is 13.7. The molecule has 1 nitrogen and oxygen atoms in total. The summed E-state index contributed by atoms with van der Waals surface area (Å²) in [7, 11) is 0. The molecule has 5 heteroatoms. The molecule has 0 unspecified atom stereocenters. The topological polar surface area (TPSA) is 20.2 Å². The maximum Gasteiger partial charge on any atom is 0.109 e. The van der Waals surface area contributed by atoms with E-state index in [4.69, 9.17) is 23.2 Å². The molecule has 0 radical (unpaired) electrons. The molecule has 24 heavy (non-hydrogen) atoms. The molecular formula is C19H17Cl2FeOS-. The zero-order valence-electron chi connectivity index (χ0n) is 12.8. The monoisotopic (exact) mass is 419 g/mol. The minimum Gasteiger partial charge on any atom is -0.511 e. The van der Waals surface area contributed by atoms with Gasteiger partial charge in [0.2, 0.25) is 0 Å². The Kier molecular flexibility index (Phi) is 10.2. The van der Waals surface area contributed by atoms with Crippen LogP contribution in [-0.2, 0) is 22.8 Å². The van der Waals surface area contributed by atoms with Crippen molar-refractivity contribution in [1.82, 2.24) is 0 Å². The van der Waals surface area contributed by atoms with Crippen molar-refractivity contribution in [3.05, 3.63) is 99.8 Å². The van der Waals surface area contributed by atoms with Gasteiger partial charge in [-0.2, -0.15) is 18.2 Å². The van der Waals surface area contributed by atoms with Crippen molar-refractivity contribution in [2.75, 3.05) is 5.75 Å². The molecule has 1 aliphatic rings. The van der Waals surface area contributed by atoms with Gasteiger partial charge in [0.15, 0.2) is 0 Å². The van der Waals surface area contributed by atoms with Gasteiger partial charge in [-0.25, -0.2) is 12.1 Å². The van der Waals surface area contributed by atoms with Crippen molar-refractivity contribution in [2.45, 2.75) is 5.75 Å². The summed E-state index contributed by atoms with van der Waals surface area (Å²) in [6, 6.07) is 15.5. The van der Waals surface area contributed by atoms with Crippen LogP contribution in [-0.4, -0.2) is 10.9 Å². The maximum absolute atomic E-state index is 9.86. The van der Waals surface area contributed by atoms with Gasteiger partial charge in [0.05, 0.1) is 5.75 Å². The van der Waals surface area contributed by atoms with Crippen LogP contribution in [0, 0.1) is 0 Å². The van der Waals surface area contributed by atoms with Crippen LogP contribution in [0.2, 0.25) is 10.0 Å². The molecule has 3 rings (SSSR count). The number of hydrogen-bond acceptors (Lipinski definition) is 2. The van der Waals surface area contributed by atoms with E-state index in [2.05, 4.69) is 0 Å². The SMILES string of the molecule is OC(CSCc1c(Cl)cccc1Cl)=C1C=CC=C1.[Fe].c1cc[cH-]c1. The number of aliphatic hydroxyl groups is 1. The molecule has 128 valence electrons. The quantitative estimate of drug-likeness (QED) is 0.343. The molecule has 0 heterocycles. The predicted molar refractivity (Wildman–Crippen MR) is 103 cm³/mol. The summed E-state index contributed by atoms with van der Waals surface area (Å²) in [6.45, 7) is 0. The van der Waals surface area contributed by atoms with Gasteiger partial charge in [-0.05, 0) is 17.7 Å². The number of thioether (sulfide) groups is 1. The van der Waals surface area contributed by atoms with E-state index in [-0.39, 0.29) is 17.1 Å². The van der Waals surface area contributed by atoms with Gasteiger partial charge in [0.1, 0.15) is 5.76 Å². The second-order valence-corrected chi connectivity index (χ2v) is 6.58. The van der Waals surface area contributed by atoms with Crippen LogP contribution >= 0.6 is 35.0 Å². The fourth-order valence-electron chi connectivity index (χ4n) is 1.89. The molecule has 0 spiro atoms. The van der Waals surface area contributed by atoms with E-state index in [1.54, 1.807) is 11.8 Å². The number of benzene rings is 1. The van der Waals surface area contributed by atoms with Gasteiger partial charge in [-0.3, -0.25) is 0 Å². The second kappa shape index (κ2) is 11.6. The van der Waals surface area contributed by atoms with Gasteiger partial charge in [0.25, 0.3) is 0 Å². The first-order valence-electron chi connectivity index (χ1n) is 7.12. The van der Waals surface area contributed by atoms with Crippen LogP contribution in [0.25, 0.3) is 0 Å². The largest absolute Gasteiger partial charge is 0.511 e. The summed E-state index contributed by atoms with van der Waals surface area (Å²) in [5.41, 5.74) is 1.79. The maximum atomic E-state index is 9.86. The smallest absolute Gasteiger partial charge is 0.109 e. The molecule has 0 aromatic heterocycles. The average molecular weight is 420 g/mol. The molecule has 0 saturated carbocycles. The van der Waals surface area contributed by atoms with E-state index in [9.17, 15) is 5.11 Å². The molecule has 2 aromatic carbocycles. The molecule has 1 N–H and O–H groups in total. The summed E-state index contributed by atoms with van der Waals surface area (Å²) in [5, 5.41) is 11.2. The van der Waals surface area contributed by atoms with Crippen LogP contribution in [0.4, 0.5) is 0 Å². The third-order valence-corrected chi connectivity index (χ3v) is 4.78. The Hall–Kier alpha value is -0.961. The molecule has 2 aromatic rings. The third kappa shape index (κ3) is 6.88. The van der Waals surface area contributed by atoms with E-state index >= 15 is 0 Å². The fraction of sp³-hybridized carbons (Fsp3) is 0.105. The normalized spacial score (nSPS) is 11.7. The molecule has 1 aliphatic carbocycles. The molecule has 0 atom stereocenters. The number of allylic oxidation sites excluding steroid dienone is 5. The van der Waals surface area contributed by atoms with Crippen LogP contribution < -0.4 is 0 Å². The summed E-state index contributed by atoms with van der Waals surface area (Å²) in [5.74, 6) is 1.61. The number of rotatable bonds is 4. The van der Waals surface area contributed by atoms with Gasteiger partial charge in [-0.15, -0.1) is 11.8 Å². The first kappa shape index (κ1) is 21.1. The van der Waals surface area contributed by atoms with Gasteiger partial charge >= 0.3 is 0 Å². The Balaban J connectivity index is 0.000000412. The minimum atomic E-state index is 0. The molecule has 0 saturated heterocycles. The van der Waals surface area contributed by atoms with Crippen LogP contribution in [0.15, 0.2) is 84.2 Å². The molecule has 0 bridgehead atoms. The van der Waals surface area contributed by atoms with Crippen molar-refractivity contribution < 1.29 is 22.2 Å². The van der Waals surface area contributed by atoms with Crippen molar-refractivity contribution in [3.63, 3.8) is 0 Å².